The van der Waals surface area contributed by atoms with Crippen molar-refractivity contribution in [3.63, 3.8) is 0 Å². The lowest BCUT2D eigenvalue weighted by Crippen LogP contribution is -2.47. The van der Waals surface area contributed by atoms with Crippen molar-refractivity contribution in [2.75, 3.05) is 13.1 Å². The normalized spacial score (nSPS) is 13.3. The second-order valence-electron chi connectivity index (χ2n) is 4.29. The Bertz CT molecular complexity index is 546. The fourth-order valence-corrected chi connectivity index (χ4v) is 1.70. The number of nitrogens with zero attached hydrogens (tertiary/aromatic N) is 3. The maximum Gasteiger partial charge on any atom is 0.328 e. The van der Waals surface area contributed by atoms with Crippen molar-refractivity contribution in [2.45, 2.75) is 18.9 Å². The summed E-state index contributed by atoms with van der Waals surface area (Å²) in [4.78, 5) is 13.9. The average Bonchev–Trinajstić information content (AvgIpc) is 2.40. The number of azide groups is 1. The summed E-state index contributed by atoms with van der Waals surface area (Å²) < 4.78 is 26.9. The molecule has 0 aliphatic carbocycles. The zero-order chi connectivity index (χ0) is 15.2. The second kappa shape index (κ2) is 6.83. The summed E-state index contributed by atoms with van der Waals surface area (Å²) in [7, 11) is 0. The average molecular weight is 284 g/mol. The first-order chi connectivity index (χ1) is 9.41. The first-order valence-electron chi connectivity index (χ1n) is 5.86. The highest BCUT2D eigenvalue weighted by molar-refractivity contribution is 5.80. The van der Waals surface area contributed by atoms with Gasteiger partial charge in [-0.2, -0.15) is 0 Å². The topological polar surface area (TPSA) is 98.1 Å². The summed E-state index contributed by atoms with van der Waals surface area (Å²) in [5.41, 5.74) is 6.07. The molecule has 0 saturated heterocycles. The number of carboxylic acid groups (broad SMARTS) is 1. The maximum absolute atomic E-state index is 13.7. The SMILES string of the molecule is CC(NCCCN=[N+]=[N-])(C(=O)O)c1cc(F)ccc1F. The molecule has 108 valence electrons. The smallest absolute Gasteiger partial charge is 0.328 e. The molecule has 1 atom stereocenters. The first kappa shape index (κ1) is 15.9. The molecule has 8 heteroatoms. The van der Waals surface area contributed by atoms with E-state index >= 15 is 0 Å². The molecule has 0 amide bonds. The molecule has 2 N–H and O–H groups in total. The standard InChI is InChI=1S/C12H14F2N4O2/c1-12(11(19)20,16-5-2-6-17-18-15)9-7-8(13)3-4-10(9)14/h3-4,7,16H,2,5-6H2,1H3,(H,19,20). The van der Waals surface area contributed by atoms with Gasteiger partial charge in [0, 0.05) is 17.0 Å². The molecule has 20 heavy (non-hydrogen) atoms. The van der Waals surface area contributed by atoms with Gasteiger partial charge in [-0.15, -0.1) is 0 Å². The van der Waals surface area contributed by atoms with E-state index in [0.29, 0.717) is 6.42 Å². The lowest BCUT2D eigenvalue weighted by atomic mass is 9.91. The van der Waals surface area contributed by atoms with Crippen LogP contribution >= 0.6 is 0 Å². The van der Waals surface area contributed by atoms with Crippen LogP contribution in [0.2, 0.25) is 0 Å². The van der Waals surface area contributed by atoms with Gasteiger partial charge in [0.15, 0.2) is 0 Å². The molecule has 1 unspecified atom stereocenters. The molecule has 0 fully saturated rings. The number of hydrogen-bond donors (Lipinski definition) is 2. The third-order valence-electron chi connectivity index (χ3n) is 2.87. The van der Waals surface area contributed by atoms with Gasteiger partial charge in [0.2, 0.25) is 0 Å². The number of rotatable bonds is 7. The summed E-state index contributed by atoms with van der Waals surface area (Å²) in [5, 5.41) is 15.2. The third-order valence-corrected chi connectivity index (χ3v) is 2.87. The van der Waals surface area contributed by atoms with Crippen LogP contribution in [0.1, 0.15) is 18.9 Å². The van der Waals surface area contributed by atoms with Gasteiger partial charge in [0.25, 0.3) is 0 Å². The lowest BCUT2D eigenvalue weighted by molar-refractivity contribution is -0.144. The summed E-state index contributed by atoms with van der Waals surface area (Å²) >= 11 is 0. The minimum absolute atomic E-state index is 0.178. The molecule has 0 heterocycles. The molecule has 0 bridgehead atoms. The van der Waals surface area contributed by atoms with Crippen LogP contribution in [0, 0.1) is 11.6 Å². The van der Waals surface area contributed by atoms with Gasteiger partial charge < -0.3 is 5.11 Å². The predicted octanol–water partition coefficient (Wildman–Crippen LogP) is 2.55. The van der Waals surface area contributed by atoms with Gasteiger partial charge in [-0.25, -0.2) is 13.6 Å². The lowest BCUT2D eigenvalue weighted by Gasteiger charge is -2.27. The number of hydrogen-bond acceptors (Lipinski definition) is 3. The quantitative estimate of drug-likeness (QED) is 0.348. The summed E-state index contributed by atoms with van der Waals surface area (Å²) in [6.45, 7) is 1.61. The van der Waals surface area contributed by atoms with Crippen LogP contribution in [0.3, 0.4) is 0 Å². The molecular formula is C12H14F2N4O2. The zero-order valence-corrected chi connectivity index (χ0v) is 10.8. The Balaban J connectivity index is 2.93. The van der Waals surface area contributed by atoms with E-state index in [4.69, 9.17) is 5.53 Å². The van der Waals surface area contributed by atoms with Crippen LogP contribution in [-0.2, 0) is 10.3 Å². The molecule has 0 aromatic heterocycles. The Labute approximate surface area is 114 Å². The number of nitrogens with one attached hydrogen (secondary N) is 1. The molecular weight excluding hydrogens is 270 g/mol. The number of carbonyl (C=O) groups is 1. The minimum Gasteiger partial charge on any atom is -0.480 e. The molecule has 1 aromatic rings. The fourth-order valence-electron chi connectivity index (χ4n) is 1.70. The van der Waals surface area contributed by atoms with Crippen molar-refractivity contribution in [3.8, 4) is 0 Å². The van der Waals surface area contributed by atoms with Crippen molar-refractivity contribution in [1.29, 1.82) is 0 Å². The largest absolute Gasteiger partial charge is 0.480 e. The summed E-state index contributed by atoms with van der Waals surface area (Å²) in [6, 6.07) is 2.65. The van der Waals surface area contributed by atoms with Crippen molar-refractivity contribution in [2.24, 2.45) is 5.11 Å². The zero-order valence-electron chi connectivity index (χ0n) is 10.8. The van der Waals surface area contributed by atoms with Crippen molar-refractivity contribution >= 4 is 5.97 Å². The third kappa shape index (κ3) is 3.66. The molecule has 0 radical (unpaired) electrons. The van der Waals surface area contributed by atoms with Crippen LogP contribution in [-0.4, -0.2) is 24.2 Å². The van der Waals surface area contributed by atoms with E-state index < -0.39 is 23.1 Å². The van der Waals surface area contributed by atoms with E-state index in [-0.39, 0.29) is 18.7 Å². The van der Waals surface area contributed by atoms with Crippen LogP contribution in [0.15, 0.2) is 23.3 Å². The van der Waals surface area contributed by atoms with Crippen molar-refractivity contribution < 1.29 is 18.7 Å². The first-order valence-corrected chi connectivity index (χ1v) is 5.86. The number of halogens is 2. The van der Waals surface area contributed by atoms with Gasteiger partial charge >= 0.3 is 5.97 Å². The molecule has 6 nitrogen and oxygen atoms in total. The molecule has 1 rings (SSSR count). The van der Waals surface area contributed by atoms with E-state index in [0.717, 1.165) is 18.2 Å². The number of carboxylic acids is 1. The number of benzene rings is 1. The summed E-state index contributed by atoms with van der Waals surface area (Å²) in [5.74, 6) is -2.85. The highest BCUT2D eigenvalue weighted by atomic mass is 19.1. The highest BCUT2D eigenvalue weighted by Gasteiger charge is 2.37. The molecule has 0 spiro atoms. The van der Waals surface area contributed by atoms with E-state index in [1.165, 1.54) is 6.92 Å². The summed E-state index contributed by atoms with van der Waals surface area (Å²) in [6.07, 6.45) is 0.379. The molecule has 0 saturated carbocycles. The van der Waals surface area contributed by atoms with Crippen LogP contribution in [0.25, 0.3) is 10.4 Å². The van der Waals surface area contributed by atoms with Crippen molar-refractivity contribution in [1.82, 2.24) is 5.32 Å². The van der Waals surface area contributed by atoms with E-state index in [1.807, 2.05) is 0 Å². The maximum atomic E-state index is 13.7. The van der Waals surface area contributed by atoms with Crippen LogP contribution in [0.5, 0.6) is 0 Å². The second-order valence-corrected chi connectivity index (χ2v) is 4.29. The Morgan fingerprint density at radius 2 is 2.25 bits per heavy atom. The molecule has 1 aromatic carbocycles. The van der Waals surface area contributed by atoms with E-state index in [9.17, 15) is 18.7 Å². The fraction of sp³-hybridized carbons (Fsp3) is 0.417. The Morgan fingerprint density at radius 3 is 2.85 bits per heavy atom. The number of aliphatic carboxylic acids is 1. The van der Waals surface area contributed by atoms with Gasteiger partial charge in [-0.1, -0.05) is 5.11 Å². The van der Waals surface area contributed by atoms with E-state index in [2.05, 4.69) is 15.3 Å². The van der Waals surface area contributed by atoms with E-state index in [1.54, 1.807) is 0 Å². The van der Waals surface area contributed by atoms with Crippen LogP contribution < -0.4 is 5.32 Å². The molecule has 0 aliphatic rings. The Hall–Kier alpha value is -2.18. The molecule has 0 aliphatic heterocycles. The van der Waals surface area contributed by atoms with Gasteiger partial charge in [-0.3, -0.25) is 5.32 Å². The van der Waals surface area contributed by atoms with Gasteiger partial charge in [-0.05, 0) is 43.6 Å². The highest BCUT2D eigenvalue weighted by Crippen LogP contribution is 2.25. The van der Waals surface area contributed by atoms with Crippen molar-refractivity contribution in [3.05, 3.63) is 45.8 Å². The Kier molecular flexibility index (Phi) is 5.42. The minimum atomic E-state index is -1.76. The van der Waals surface area contributed by atoms with Crippen LogP contribution in [0.4, 0.5) is 8.78 Å². The van der Waals surface area contributed by atoms with Gasteiger partial charge in [0.1, 0.15) is 17.2 Å². The predicted molar refractivity (Wildman–Crippen MR) is 68.0 cm³/mol. The van der Waals surface area contributed by atoms with Gasteiger partial charge in [0.05, 0.1) is 0 Å². The Morgan fingerprint density at radius 1 is 1.55 bits per heavy atom. The monoisotopic (exact) mass is 284 g/mol.